The molecule has 0 bridgehead atoms. The number of hydrogen-bond acceptors (Lipinski definition) is 7. The molecule has 2 aromatic heterocycles. The average molecular weight is 443 g/mol. The van der Waals surface area contributed by atoms with E-state index in [4.69, 9.17) is 18.3 Å². The van der Waals surface area contributed by atoms with Crippen molar-refractivity contribution in [2.45, 2.75) is 6.61 Å². The Morgan fingerprint density at radius 1 is 0.970 bits per heavy atom. The lowest BCUT2D eigenvalue weighted by atomic mass is 10.1. The third-order valence-corrected chi connectivity index (χ3v) is 5.26. The first-order valence-corrected chi connectivity index (χ1v) is 10.0. The first kappa shape index (κ1) is 20.3. The Labute approximate surface area is 186 Å². The highest BCUT2D eigenvalue weighted by atomic mass is 16.6. The number of benzene rings is 3. The van der Waals surface area contributed by atoms with Crippen molar-refractivity contribution < 1.29 is 23.2 Å². The molecule has 0 saturated heterocycles. The second kappa shape index (κ2) is 8.16. The van der Waals surface area contributed by atoms with Crippen molar-refractivity contribution in [3.63, 3.8) is 0 Å². The molecule has 0 unspecified atom stereocenters. The molecule has 0 radical (unpaired) electrons. The molecule has 0 fully saturated rings. The lowest BCUT2D eigenvalue weighted by Crippen LogP contribution is -1.99. The Balaban J connectivity index is 1.51. The molecule has 3 aromatic carbocycles. The monoisotopic (exact) mass is 443 g/mol. The van der Waals surface area contributed by atoms with Gasteiger partial charge in [0.1, 0.15) is 23.7 Å². The predicted molar refractivity (Wildman–Crippen MR) is 122 cm³/mol. The number of methoxy groups -OCH3 is 1. The fourth-order valence-electron chi connectivity index (χ4n) is 3.65. The molecule has 0 N–H and O–H groups in total. The van der Waals surface area contributed by atoms with Crippen LogP contribution in [0.2, 0.25) is 0 Å². The Bertz CT molecular complexity index is 1550. The van der Waals surface area contributed by atoms with Crippen LogP contribution in [0, 0.1) is 10.1 Å². The largest absolute Gasteiger partial charge is 0.493 e. The van der Waals surface area contributed by atoms with Gasteiger partial charge >= 0.3 is 5.63 Å². The molecule has 0 aliphatic rings. The van der Waals surface area contributed by atoms with Gasteiger partial charge in [0.25, 0.3) is 5.69 Å². The molecule has 0 atom stereocenters. The Kier molecular flexibility index (Phi) is 5.02. The van der Waals surface area contributed by atoms with Crippen LogP contribution < -0.4 is 15.1 Å². The summed E-state index contributed by atoms with van der Waals surface area (Å²) in [6, 6.07) is 20.1. The maximum absolute atomic E-state index is 12.2. The van der Waals surface area contributed by atoms with Gasteiger partial charge in [-0.15, -0.1) is 0 Å². The van der Waals surface area contributed by atoms with E-state index in [9.17, 15) is 14.9 Å². The zero-order chi connectivity index (χ0) is 22.9. The number of nitro groups is 1. The molecular formula is C25H17NO7. The number of hydrogen-bond donors (Lipinski definition) is 0. The van der Waals surface area contributed by atoms with Gasteiger partial charge in [-0.25, -0.2) is 4.79 Å². The molecule has 33 heavy (non-hydrogen) atoms. The number of rotatable bonds is 6. The van der Waals surface area contributed by atoms with Crippen molar-refractivity contribution in [2.75, 3.05) is 7.11 Å². The molecule has 0 aliphatic carbocycles. The van der Waals surface area contributed by atoms with Crippen LogP contribution in [0.4, 0.5) is 5.69 Å². The SMILES string of the molecule is COc1cccc2cc(-c3cc(=O)oc4ccc(OCc5ccc([N+](=O)[O-])cc5)cc34)oc12. The lowest BCUT2D eigenvalue weighted by Gasteiger charge is -2.09. The number of furan rings is 1. The number of nitro benzene ring substituents is 1. The summed E-state index contributed by atoms with van der Waals surface area (Å²) in [5.74, 6) is 1.64. The summed E-state index contributed by atoms with van der Waals surface area (Å²) in [6.45, 7) is 0.220. The van der Waals surface area contributed by atoms with Crippen LogP contribution in [0.25, 0.3) is 33.3 Å². The minimum absolute atomic E-state index is 0.0200. The second-order valence-corrected chi connectivity index (χ2v) is 7.34. The first-order chi connectivity index (χ1) is 16.0. The minimum atomic E-state index is -0.496. The Morgan fingerprint density at radius 3 is 2.55 bits per heavy atom. The molecular weight excluding hydrogens is 426 g/mol. The normalized spacial score (nSPS) is 11.1. The van der Waals surface area contributed by atoms with Gasteiger partial charge in [-0.05, 0) is 48.0 Å². The summed E-state index contributed by atoms with van der Waals surface area (Å²) in [5, 5.41) is 12.3. The molecule has 164 valence electrons. The smallest absolute Gasteiger partial charge is 0.336 e. The van der Waals surface area contributed by atoms with Gasteiger partial charge < -0.3 is 18.3 Å². The van der Waals surface area contributed by atoms with Crippen LogP contribution in [0.15, 0.2) is 86.4 Å². The van der Waals surface area contributed by atoms with Gasteiger partial charge in [-0.1, -0.05) is 12.1 Å². The highest BCUT2D eigenvalue weighted by molar-refractivity contribution is 5.96. The van der Waals surface area contributed by atoms with E-state index in [1.54, 1.807) is 43.5 Å². The van der Waals surface area contributed by atoms with E-state index < -0.39 is 10.5 Å². The van der Waals surface area contributed by atoms with Gasteiger partial charge in [0.2, 0.25) is 0 Å². The molecule has 5 aromatic rings. The molecule has 0 spiro atoms. The van der Waals surface area contributed by atoms with Crippen LogP contribution in [-0.2, 0) is 6.61 Å². The number of fused-ring (bicyclic) bond motifs is 2. The summed E-state index contributed by atoms with van der Waals surface area (Å²) in [4.78, 5) is 22.5. The van der Waals surface area contributed by atoms with Gasteiger partial charge in [-0.3, -0.25) is 10.1 Å². The van der Waals surface area contributed by atoms with Crippen LogP contribution in [0.5, 0.6) is 11.5 Å². The van der Waals surface area contributed by atoms with Gasteiger partial charge in [0, 0.05) is 34.5 Å². The van der Waals surface area contributed by atoms with E-state index in [1.165, 1.54) is 18.2 Å². The average Bonchev–Trinajstić information content (AvgIpc) is 3.27. The molecule has 8 nitrogen and oxygen atoms in total. The molecule has 5 rings (SSSR count). The highest BCUT2D eigenvalue weighted by Crippen LogP contribution is 2.36. The van der Waals surface area contributed by atoms with Crippen molar-refractivity contribution in [3.8, 4) is 22.8 Å². The molecule has 8 heteroatoms. The molecule has 0 aliphatic heterocycles. The van der Waals surface area contributed by atoms with Crippen LogP contribution >= 0.6 is 0 Å². The topological polar surface area (TPSA) is 105 Å². The van der Waals surface area contributed by atoms with Crippen molar-refractivity contribution in [1.29, 1.82) is 0 Å². The first-order valence-electron chi connectivity index (χ1n) is 10.0. The van der Waals surface area contributed by atoms with E-state index in [0.717, 1.165) is 10.9 Å². The van der Waals surface area contributed by atoms with E-state index in [2.05, 4.69) is 0 Å². The maximum Gasteiger partial charge on any atom is 0.336 e. The molecule has 0 amide bonds. The third-order valence-electron chi connectivity index (χ3n) is 5.26. The van der Waals surface area contributed by atoms with Crippen LogP contribution in [-0.4, -0.2) is 12.0 Å². The molecule has 2 heterocycles. The van der Waals surface area contributed by atoms with Gasteiger partial charge in [0.15, 0.2) is 11.3 Å². The fraction of sp³-hybridized carbons (Fsp3) is 0.0800. The predicted octanol–water partition coefficient (Wildman–Crippen LogP) is 5.70. The zero-order valence-electron chi connectivity index (χ0n) is 17.4. The maximum atomic E-state index is 12.2. The van der Waals surface area contributed by atoms with E-state index in [-0.39, 0.29) is 12.3 Å². The van der Waals surface area contributed by atoms with Crippen molar-refractivity contribution in [3.05, 3.63) is 98.9 Å². The minimum Gasteiger partial charge on any atom is -0.493 e. The van der Waals surface area contributed by atoms with Crippen molar-refractivity contribution >= 4 is 27.6 Å². The summed E-state index contributed by atoms with van der Waals surface area (Å²) < 4.78 is 22.6. The standard InChI is InChI=1S/C25H17NO7/c1-30-22-4-2-3-16-11-23(33-25(16)22)20-13-24(27)32-21-10-9-18(12-19(20)21)31-14-15-5-7-17(8-6-15)26(28)29/h2-13H,14H2,1H3. The number of nitrogens with zero attached hydrogens (tertiary/aromatic N) is 1. The summed E-state index contributed by atoms with van der Waals surface area (Å²) >= 11 is 0. The number of non-ortho nitro benzene ring substituents is 1. The van der Waals surface area contributed by atoms with Crippen LogP contribution in [0.3, 0.4) is 0 Å². The fourth-order valence-corrected chi connectivity index (χ4v) is 3.65. The van der Waals surface area contributed by atoms with Crippen molar-refractivity contribution in [2.24, 2.45) is 0 Å². The van der Waals surface area contributed by atoms with E-state index in [1.807, 2.05) is 18.2 Å². The van der Waals surface area contributed by atoms with Crippen LogP contribution in [0.1, 0.15) is 5.56 Å². The van der Waals surface area contributed by atoms with E-state index >= 15 is 0 Å². The third kappa shape index (κ3) is 3.89. The Hall–Kier alpha value is -4.59. The Morgan fingerprint density at radius 2 is 1.79 bits per heavy atom. The van der Waals surface area contributed by atoms with Crippen molar-refractivity contribution in [1.82, 2.24) is 0 Å². The number of ether oxygens (including phenoxy) is 2. The van der Waals surface area contributed by atoms with Gasteiger partial charge in [0.05, 0.1) is 12.0 Å². The number of para-hydroxylation sites is 1. The summed E-state index contributed by atoms with van der Waals surface area (Å²) in [7, 11) is 1.57. The highest BCUT2D eigenvalue weighted by Gasteiger charge is 2.15. The summed E-state index contributed by atoms with van der Waals surface area (Å²) in [5.41, 5.74) is 1.86. The lowest BCUT2D eigenvalue weighted by molar-refractivity contribution is -0.384. The van der Waals surface area contributed by atoms with Gasteiger partial charge in [-0.2, -0.15) is 0 Å². The quantitative estimate of drug-likeness (QED) is 0.188. The molecule has 0 saturated carbocycles. The summed E-state index contributed by atoms with van der Waals surface area (Å²) in [6.07, 6.45) is 0. The second-order valence-electron chi connectivity index (χ2n) is 7.34. The van der Waals surface area contributed by atoms with E-state index in [0.29, 0.717) is 39.4 Å². The zero-order valence-corrected chi connectivity index (χ0v) is 17.4.